The first-order valence-electron chi connectivity index (χ1n) is 6.35. The van der Waals surface area contributed by atoms with E-state index in [1.54, 1.807) is 37.5 Å². The van der Waals surface area contributed by atoms with Crippen LogP contribution in [0.3, 0.4) is 0 Å². The molecule has 0 aliphatic rings. The Morgan fingerprint density at radius 2 is 1.68 bits per heavy atom. The van der Waals surface area contributed by atoms with E-state index in [1.165, 1.54) is 24.3 Å². The van der Waals surface area contributed by atoms with E-state index >= 15 is 0 Å². The van der Waals surface area contributed by atoms with Crippen molar-refractivity contribution < 1.29 is 22.6 Å². The van der Waals surface area contributed by atoms with Crippen molar-refractivity contribution in [2.24, 2.45) is 0 Å². The van der Waals surface area contributed by atoms with Crippen LogP contribution in [-0.2, 0) is 0 Å². The number of anilines is 1. The molecule has 0 unspecified atom stereocenters. The molecule has 3 nitrogen and oxygen atoms in total. The molecule has 0 atom stereocenters. The minimum Gasteiger partial charge on any atom is -0.496 e. The van der Waals surface area contributed by atoms with Crippen LogP contribution in [0.5, 0.6) is 11.5 Å². The topological polar surface area (TPSA) is 44.5 Å². The molecule has 0 bridgehead atoms. The molecule has 0 radical (unpaired) electrons. The first-order valence-corrected chi connectivity index (χ1v) is 6.35. The Bertz CT molecular complexity index is 664. The summed E-state index contributed by atoms with van der Waals surface area (Å²) in [5, 5.41) is 0. The summed E-state index contributed by atoms with van der Waals surface area (Å²) >= 11 is 0. The molecule has 2 N–H and O–H groups in total. The van der Waals surface area contributed by atoms with Crippen molar-refractivity contribution in [3.05, 3.63) is 53.6 Å². The minimum absolute atomic E-state index is 0.258. The maximum Gasteiger partial charge on any atom is 0.573 e. The van der Waals surface area contributed by atoms with Gasteiger partial charge in [0, 0.05) is 11.3 Å². The lowest BCUT2D eigenvalue weighted by Crippen LogP contribution is -2.16. The van der Waals surface area contributed by atoms with Crippen molar-refractivity contribution in [2.75, 3.05) is 12.8 Å². The Morgan fingerprint density at radius 1 is 1.00 bits per heavy atom. The van der Waals surface area contributed by atoms with E-state index in [0.717, 1.165) is 11.1 Å². The zero-order valence-corrected chi connectivity index (χ0v) is 11.7. The first kappa shape index (κ1) is 15.8. The highest BCUT2D eigenvalue weighted by Crippen LogP contribution is 2.25. The summed E-state index contributed by atoms with van der Waals surface area (Å²) in [6.45, 7) is 0. The fourth-order valence-electron chi connectivity index (χ4n) is 1.85. The number of nitrogens with two attached hydrogens (primary N) is 1. The molecule has 22 heavy (non-hydrogen) atoms. The summed E-state index contributed by atoms with van der Waals surface area (Å²) in [6.07, 6.45) is -1.17. The third-order valence-corrected chi connectivity index (χ3v) is 2.82. The molecular formula is C16H14F3NO2. The number of rotatable bonds is 4. The number of halogens is 3. The zero-order chi connectivity index (χ0) is 16.2. The molecule has 116 valence electrons. The number of benzene rings is 2. The highest BCUT2D eigenvalue weighted by Gasteiger charge is 2.30. The van der Waals surface area contributed by atoms with Gasteiger partial charge in [-0.05, 0) is 35.9 Å². The summed E-state index contributed by atoms with van der Waals surface area (Å²) < 4.78 is 45.2. The van der Waals surface area contributed by atoms with Crippen LogP contribution >= 0.6 is 0 Å². The molecule has 0 saturated heterocycles. The molecule has 0 spiro atoms. The molecule has 0 heterocycles. The van der Waals surface area contributed by atoms with E-state index in [0.29, 0.717) is 11.4 Å². The highest BCUT2D eigenvalue weighted by molar-refractivity contribution is 5.74. The van der Waals surface area contributed by atoms with E-state index in [1.807, 2.05) is 0 Å². The van der Waals surface area contributed by atoms with Crippen LogP contribution in [0, 0.1) is 0 Å². The monoisotopic (exact) mass is 309 g/mol. The van der Waals surface area contributed by atoms with Crippen molar-refractivity contribution in [3.8, 4) is 11.5 Å². The van der Waals surface area contributed by atoms with Gasteiger partial charge < -0.3 is 15.2 Å². The summed E-state index contributed by atoms with van der Waals surface area (Å²) in [5.74, 6) is 0.397. The predicted molar refractivity (Wildman–Crippen MR) is 79.5 cm³/mol. The lowest BCUT2D eigenvalue weighted by Gasteiger charge is -2.08. The molecule has 0 aromatic heterocycles. The van der Waals surface area contributed by atoms with E-state index in [4.69, 9.17) is 10.5 Å². The third-order valence-electron chi connectivity index (χ3n) is 2.82. The third kappa shape index (κ3) is 4.44. The van der Waals surface area contributed by atoms with Crippen LogP contribution < -0.4 is 15.2 Å². The summed E-state index contributed by atoms with van der Waals surface area (Å²) in [4.78, 5) is 0. The normalized spacial score (nSPS) is 11.6. The average molecular weight is 309 g/mol. The largest absolute Gasteiger partial charge is 0.573 e. The lowest BCUT2D eigenvalue weighted by atomic mass is 10.1. The summed E-state index contributed by atoms with van der Waals surface area (Å²) in [6, 6.07) is 10.8. The standard InChI is InChI=1S/C16H14F3NO2/c1-21-15-9-6-13(20)10-12(15)5-2-11-3-7-14(8-4-11)22-16(17,18)19/h2-10H,20H2,1H3/b5-2+. The summed E-state index contributed by atoms with van der Waals surface area (Å²) in [5.41, 5.74) is 7.81. The molecule has 0 amide bonds. The van der Waals surface area contributed by atoms with E-state index in [9.17, 15) is 13.2 Å². The van der Waals surface area contributed by atoms with E-state index in [2.05, 4.69) is 4.74 Å². The fourth-order valence-corrected chi connectivity index (χ4v) is 1.85. The average Bonchev–Trinajstić information content (AvgIpc) is 2.45. The fraction of sp³-hybridized carbons (Fsp3) is 0.125. The van der Waals surface area contributed by atoms with Crippen LogP contribution in [0.2, 0.25) is 0 Å². The van der Waals surface area contributed by atoms with Crippen molar-refractivity contribution in [1.29, 1.82) is 0 Å². The Morgan fingerprint density at radius 3 is 2.27 bits per heavy atom. The Balaban J connectivity index is 2.15. The van der Waals surface area contributed by atoms with Gasteiger partial charge >= 0.3 is 6.36 Å². The Kier molecular flexibility index (Phi) is 4.60. The molecule has 2 aromatic carbocycles. The van der Waals surface area contributed by atoms with Gasteiger partial charge in [-0.15, -0.1) is 13.2 Å². The van der Waals surface area contributed by atoms with Gasteiger partial charge in [0.2, 0.25) is 0 Å². The molecule has 2 rings (SSSR count). The number of nitrogen functional groups attached to an aromatic ring is 1. The number of methoxy groups -OCH3 is 1. The number of hydrogen-bond acceptors (Lipinski definition) is 3. The van der Waals surface area contributed by atoms with Gasteiger partial charge in [-0.2, -0.15) is 0 Å². The van der Waals surface area contributed by atoms with Crippen molar-refractivity contribution in [3.63, 3.8) is 0 Å². The number of ether oxygens (including phenoxy) is 2. The second kappa shape index (κ2) is 6.43. The lowest BCUT2D eigenvalue weighted by molar-refractivity contribution is -0.274. The maximum absolute atomic E-state index is 12.1. The number of alkyl halides is 3. The van der Waals surface area contributed by atoms with E-state index < -0.39 is 6.36 Å². The first-order chi connectivity index (χ1) is 10.4. The molecular weight excluding hydrogens is 295 g/mol. The highest BCUT2D eigenvalue weighted by atomic mass is 19.4. The van der Waals surface area contributed by atoms with Crippen LogP contribution in [-0.4, -0.2) is 13.5 Å². The molecule has 0 aliphatic carbocycles. The van der Waals surface area contributed by atoms with Crippen molar-refractivity contribution >= 4 is 17.8 Å². The Labute approximate surface area is 125 Å². The maximum atomic E-state index is 12.1. The number of hydrogen-bond donors (Lipinski definition) is 1. The van der Waals surface area contributed by atoms with Crippen LogP contribution in [0.25, 0.3) is 12.2 Å². The van der Waals surface area contributed by atoms with Gasteiger partial charge in [-0.3, -0.25) is 0 Å². The van der Waals surface area contributed by atoms with Crippen LogP contribution in [0.15, 0.2) is 42.5 Å². The van der Waals surface area contributed by atoms with Gasteiger partial charge in [0.25, 0.3) is 0 Å². The van der Waals surface area contributed by atoms with Gasteiger partial charge in [-0.1, -0.05) is 24.3 Å². The van der Waals surface area contributed by atoms with Gasteiger partial charge in [0.1, 0.15) is 11.5 Å². The van der Waals surface area contributed by atoms with Gasteiger partial charge in [-0.25, -0.2) is 0 Å². The smallest absolute Gasteiger partial charge is 0.496 e. The second-order valence-electron chi connectivity index (χ2n) is 4.45. The zero-order valence-electron chi connectivity index (χ0n) is 11.7. The minimum atomic E-state index is -4.69. The Hall–Kier alpha value is -2.63. The van der Waals surface area contributed by atoms with Crippen molar-refractivity contribution in [1.82, 2.24) is 0 Å². The molecule has 0 aliphatic heterocycles. The molecule has 6 heteroatoms. The van der Waals surface area contributed by atoms with Gasteiger partial charge in [0.05, 0.1) is 7.11 Å². The van der Waals surface area contributed by atoms with Crippen LogP contribution in [0.4, 0.5) is 18.9 Å². The molecule has 2 aromatic rings. The quantitative estimate of drug-likeness (QED) is 0.674. The van der Waals surface area contributed by atoms with Gasteiger partial charge in [0.15, 0.2) is 0 Å². The molecule has 0 saturated carbocycles. The summed E-state index contributed by atoms with van der Waals surface area (Å²) in [7, 11) is 1.55. The van der Waals surface area contributed by atoms with Crippen molar-refractivity contribution in [2.45, 2.75) is 6.36 Å². The van der Waals surface area contributed by atoms with E-state index in [-0.39, 0.29) is 5.75 Å². The second-order valence-corrected chi connectivity index (χ2v) is 4.45. The molecule has 0 fully saturated rings. The van der Waals surface area contributed by atoms with Crippen LogP contribution in [0.1, 0.15) is 11.1 Å². The predicted octanol–water partition coefficient (Wildman–Crippen LogP) is 4.35. The SMILES string of the molecule is COc1ccc(N)cc1/C=C/c1ccc(OC(F)(F)F)cc1.